The van der Waals surface area contributed by atoms with Gasteiger partial charge in [0.2, 0.25) is 0 Å². The number of furan rings is 1. The van der Waals surface area contributed by atoms with E-state index < -0.39 is 11.7 Å². The van der Waals surface area contributed by atoms with Crippen LogP contribution >= 0.6 is 11.6 Å². The molecule has 89 valence electrons. The summed E-state index contributed by atoms with van der Waals surface area (Å²) in [6.07, 6.45) is -0.655. The maximum absolute atomic E-state index is 12.6. The van der Waals surface area contributed by atoms with Gasteiger partial charge in [-0.2, -0.15) is 13.2 Å². The van der Waals surface area contributed by atoms with Crippen molar-refractivity contribution in [3.05, 3.63) is 47.4 Å². The molecule has 1 aromatic heterocycles. The van der Waals surface area contributed by atoms with E-state index in [0.29, 0.717) is 5.69 Å². The van der Waals surface area contributed by atoms with E-state index >= 15 is 0 Å². The second-order valence-corrected chi connectivity index (χ2v) is 3.66. The molecular weight excluding hydrogens is 255 g/mol. The molecule has 0 fully saturated rings. The van der Waals surface area contributed by atoms with Gasteiger partial charge in [-0.15, -0.1) is 0 Å². The van der Waals surface area contributed by atoms with Crippen molar-refractivity contribution in [2.24, 2.45) is 0 Å². The zero-order valence-corrected chi connectivity index (χ0v) is 9.06. The van der Waals surface area contributed by atoms with Crippen LogP contribution in [0.3, 0.4) is 0 Å². The first-order valence-electron chi connectivity index (χ1n) is 4.56. The average Bonchev–Trinajstić information content (AvgIpc) is 2.72. The number of benzene rings is 1. The minimum atomic E-state index is -4.48. The normalized spacial score (nSPS) is 11.5. The molecule has 17 heavy (non-hydrogen) atoms. The molecule has 0 spiro atoms. The number of hydrogen-bond acceptors (Lipinski definition) is 2. The lowest BCUT2D eigenvalue weighted by atomic mass is 10.2. The zero-order valence-electron chi connectivity index (χ0n) is 8.31. The van der Waals surface area contributed by atoms with Crippen molar-refractivity contribution in [1.29, 1.82) is 0 Å². The number of halogens is 4. The highest BCUT2D eigenvalue weighted by molar-refractivity contribution is 6.31. The predicted molar refractivity (Wildman–Crippen MR) is 57.3 cm³/mol. The number of nitrogens with one attached hydrogen (secondary N) is 1. The highest BCUT2D eigenvalue weighted by atomic mass is 35.5. The third-order valence-corrected chi connectivity index (χ3v) is 2.35. The summed E-state index contributed by atoms with van der Waals surface area (Å²) in [6, 6.07) is 5.11. The summed E-state index contributed by atoms with van der Waals surface area (Å²) in [7, 11) is 0. The molecular formula is C11H6ClF3NO. The summed E-state index contributed by atoms with van der Waals surface area (Å²) in [5.41, 5.74) is -0.174. The highest BCUT2D eigenvalue weighted by Crippen LogP contribution is 2.36. The van der Waals surface area contributed by atoms with Gasteiger partial charge in [0.15, 0.2) is 6.26 Å². The molecule has 1 N–H and O–H groups in total. The van der Waals surface area contributed by atoms with Gasteiger partial charge in [-0.25, -0.2) is 0 Å². The van der Waals surface area contributed by atoms with Crippen LogP contribution in [-0.2, 0) is 6.18 Å². The minimum Gasteiger partial charge on any atom is -0.459 e. The van der Waals surface area contributed by atoms with E-state index in [1.165, 1.54) is 18.4 Å². The second-order valence-electron chi connectivity index (χ2n) is 3.25. The number of alkyl halides is 3. The van der Waals surface area contributed by atoms with Crippen molar-refractivity contribution in [1.82, 2.24) is 0 Å². The van der Waals surface area contributed by atoms with Crippen LogP contribution in [0.25, 0.3) is 0 Å². The van der Waals surface area contributed by atoms with E-state index in [1.54, 1.807) is 6.07 Å². The largest absolute Gasteiger partial charge is 0.459 e. The van der Waals surface area contributed by atoms with Crippen LogP contribution in [0.4, 0.5) is 24.5 Å². The van der Waals surface area contributed by atoms with Crippen molar-refractivity contribution >= 4 is 23.0 Å². The molecule has 0 aliphatic rings. The van der Waals surface area contributed by atoms with Crippen LogP contribution in [-0.4, -0.2) is 0 Å². The van der Waals surface area contributed by atoms with Gasteiger partial charge in [-0.3, -0.25) is 0 Å². The van der Waals surface area contributed by atoms with Crippen LogP contribution < -0.4 is 5.32 Å². The Morgan fingerprint density at radius 2 is 2.00 bits per heavy atom. The minimum absolute atomic E-state index is 0.263. The summed E-state index contributed by atoms with van der Waals surface area (Å²) < 4.78 is 42.4. The molecule has 0 aliphatic heterocycles. The van der Waals surface area contributed by atoms with E-state index in [9.17, 15) is 13.2 Å². The topological polar surface area (TPSA) is 25.2 Å². The SMILES string of the molecule is FC(F)(F)c1cc(Nc2[c]occ2)ccc1Cl. The van der Waals surface area contributed by atoms with Gasteiger partial charge in [0.05, 0.1) is 22.5 Å². The van der Waals surface area contributed by atoms with E-state index in [1.807, 2.05) is 0 Å². The van der Waals surface area contributed by atoms with Crippen molar-refractivity contribution in [3.8, 4) is 0 Å². The first-order valence-corrected chi connectivity index (χ1v) is 4.93. The molecule has 0 unspecified atom stereocenters. The Kier molecular flexibility index (Phi) is 3.02. The van der Waals surface area contributed by atoms with Gasteiger partial charge in [0.25, 0.3) is 0 Å². The maximum atomic E-state index is 12.6. The third kappa shape index (κ3) is 2.74. The smallest absolute Gasteiger partial charge is 0.417 e. The summed E-state index contributed by atoms with van der Waals surface area (Å²) in [5, 5.41) is 2.38. The number of rotatable bonds is 2. The summed E-state index contributed by atoms with van der Waals surface area (Å²) in [6.45, 7) is 0. The number of hydrogen-bond donors (Lipinski definition) is 1. The molecule has 1 aromatic carbocycles. The Morgan fingerprint density at radius 3 is 2.59 bits per heavy atom. The fraction of sp³-hybridized carbons (Fsp3) is 0.0909. The Bertz CT molecular complexity index is 508. The molecule has 6 heteroatoms. The molecule has 1 heterocycles. The Labute approximate surface area is 100.0 Å². The molecule has 2 nitrogen and oxygen atoms in total. The fourth-order valence-corrected chi connectivity index (χ4v) is 1.50. The lowest BCUT2D eigenvalue weighted by Crippen LogP contribution is -2.06. The molecule has 0 amide bonds. The molecule has 1 radical (unpaired) electrons. The first-order chi connectivity index (χ1) is 7.97. The monoisotopic (exact) mass is 260 g/mol. The second kappa shape index (κ2) is 4.33. The predicted octanol–water partition coefficient (Wildman–Crippen LogP) is 4.50. The highest BCUT2D eigenvalue weighted by Gasteiger charge is 2.33. The van der Waals surface area contributed by atoms with Crippen molar-refractivity contribution in [2.45, 2.75) is 6.18 Å². The molecule has 0 saturated heterocycles. The van der Waals surface area contributed by atoms with E-state index in [4.69, 9.17) is 11.6 Å². The molecule has 0 atom stereocenters. The van der Waals surface area contributed by atoms with Crippen LogP contribution in [0.1, 0.15) is 5.56 Å². The Hall–Kier alpha value is -1.62. The lowest BCUT2D eigenvalue weighted by molar-refractivity contribution is -0.137. The summed E-state index contributed by atoms with van der Waals surface area (Å²) in [5.74, 6) is 0. The lowest BCUT2D eigenvalue weighted by Gasteiger charge is -2.11. The van der Waals surface area contributed by atoms with Gasteiger partial charge in [-0.05, 0) is 18.2 Å². The van der Waals surface area contributed by atoms with Crippen molar-refractivity contribution < 1.29 is 17.6 Å². The molecule has 0 bridgehead atoms. The van der Waals surface area contributed by atoms with E-state index in [0.717, 1.165) is 6.07 Å². The summed E-state index contributed by atoms with van der Waals surface area (Å²) in [4.78, 5) is 0. The quantitative estimate of drug-likeness (QED) is 0.860. The van der Waals surface area contributed by atoms with Crippen LogP contribution in [0, 0.1) is 6.26 Å². The van der Waals surface area contributed by atoms with Gasteiger partial charge in [0.1, 0.15) is 0 Å². The Balaban J connectivity index is 2.31. The molecule has 0 aliphatic carbocycles. The van der Waals surface area contributed by atoms with E-state index in [2.05, 4.69) is 16.0 Å². The van der Waals surface area contributed by atoms with E-state index in [-0.39, 0.29) is 10.7 Å². The standard InChI is InChI=1S/C11H6ClF3NO/c12-10-2-1-7(5-9(10)11(13,14)15)16-8-3-4-17-6-8/h1-5,16H. The van der Waals surface area contributed by atoms with Crippen molar-refractivity contribution in [2.75, 3.05) is 5.32 Å². The van der Waals surface area contributed by atoms with Gasteiger partial charge in [0, 0.05) is 11.8 Å². The zero-order chi connectivity index (χ0) is 12.5. The molecule has 2 rings (SSSR count). The van der Waals surface area contributed by atoms with Gasteiger partial charge >= 0.3 is 6.18 Å². The molecule has 2 aromatic rings. The molecule has 0 saturated carbocycles. The summed E-state index contributed by atoms with van der Waals surface area (Å²) >= 11 is 5.49. The Morgan fingerprint density at radius 1 is 1.24 bits per heavy atom. The average molecular weight is 261 g/mol. The first kappa shape index (κ1) is 11.9. The van der Waals surface area contributed by atoms with Crippen LogP contribution in [0.2, 0.25) is 5.02 Å². The maximum Gasteiger partial charge on any atom is 0.417 e. The van der Waals surface area contributed by atoms with Gasteiger partial charge in [-0.1, -0.05) is 11.6 Å². The van der Waals surface area contributed by atoms with Crippen LogP contribution in [0.15, 0.2) is 34.9 Å². The van der Waals surface area contributed by atoms with Crippen molar-refractivity contribution in [3.63, 3.8) is 0 Å². The van der Waals surface area contributed by atoms with Gasteiger partial charge < -0.3 is 9.73 Å². The fourth-order valence-electron chi connectivity index (χ4n) is 1.28. The number of anilines is 2. The van der Waals surface area contributed by atoms with Crippen LogP contribution in [0.5, 0.6) is 0 Å². The third-order valence-electron chi connectivity index (χ3n) is 2.02.